The van der Waals surface area contributed by atoms with Crippen molar-refractivity contribution in [2.45, 2.75) is 19.5 Å². The maximum atomic E-state index is 14.0. The summed E-state index contributed by atoms with van der Waals surface area (Å²) < 4.78 is 31.3. The molecular weight excluding hydrogens is 386 g/mol. The van der Waals surface area contributed by atoms with Crippen LogP contribution in [0.3, 0.4) is 0 Å². The quantitative estimate of drug-likeness (QED) is 0.443. The van der Waals surface area contributed by atoms with E-state index in [0.29, 0.717) is 4.80 Å². The fraction of sp³-hybridized carbons (Fsp3) is 0.158. The average molecular weight is 402 g/mol. The highest BCUT2D eigenvalue weighted by Crippen LogP contribution is 2.26. The predicted octanol–water partition coefficient (Wildman–Crippen LogP) is 5.08. The Morgan fingerprint density at radius 3 is 2.78 bits per heavy atom. The predicted molar refractivity (Wildman–Crippen MR) is 104 cm³/mol. The first-order valence-electron chi connectivity index (χ1n) is 8.38. The van der Waals surface area contributed by atoms with Gasteiger partial charge in [-0.15, -0.1) is 22.7 Å². The molecule has 1 aromatic carbocycles. The van der Waals surface area contributed by atoms with Crippen molar-refractivity contribution in [2.75, 3.05) is 0 Å². The molecule has 4 nitrogen and oxygen atoms in total. The van der Waals surface area contributed by atoms with Crippen LogP contribution in [0.1, 0.15) is 6.42 Å². The first-order valence-corrected chi connectivity index (χ1v) is 10.1. The summed E-state index contributed by atoms with van der Waals surface area (Å²) in [5.41, 5.74) is 1.20. The summed E-state index contributed by atoms with van der Waals surface area (Å²) >= 11 is 3.10. The molecule has 0 atom stereocenters. The molecule has 0 saturated heterocycles. The molecule has 0 bridgehead atoms. The van der Waals surface area contributed by atoms with Crippen LogP contribution < -0.4 is 4.80 Å². The van der Waals surface area contributed by atoms with Crippen LogP contribution >= 0.6 is 22.7 Å². The minimum Gasteiger partial charge on any atom is -0.337 e. The van der Waals surface area contributed by atoms with Gasteiger partial charge in [-0.25, -0.2) is 18.8 Å². The Bertz CT molecular complexity index is 1080. The number of aryl methyl sites for hydroxylation is 1. The molecule has 4 rings (SSSR count). The number of imidazole rings is 1. The molecule has 0 aliphatic carbocycles. The van der Waals surface area contributed by atoms with Crippen LogP contribution in [0, 0.1) is 11.6 Å². The van der Waals surface area contributed by atoms with Crippen LogP contribution in [0.4, 0.5) is 14.5 Å². The largest absolute Gasteiger partial charge is 0.337 e. The number of thiazole rings is 1. The molecule has 0 unspecified atom stereocenters. The Labute approximate surface area is 162 Å². The number of benzene rings is 1. The Balaban J connectivity index is 1.69. The van der Waals surface area contributed by atoms with Gasteiger partial charge < -0.3 is 9.13 Å². The number of hydrogen-bond acceptors (Lipinski definition) is 4. The molecule has 3 heterocycles. The molecular formula is C19H16F2N4S2. The van der Waals surface area contributed by atoms with Crippen LogP contribution in [0.5, 0.6) is 0 Å². The van der Waals surface area contributed by atoms with Crippen LogP contribution in [0.25, 0.3) is 10.6 Å². The molecule has 4 aromatic rings. The summed E-state index contributed by atoms with van der Waals surface area (Å²) in [5.74, 6) is -1.27. The summed E-state index contributed by atoms with van der Waals surface area (Å²) in [4.78, 5) is 10.3. The van der Waals surface area contributed by atoms with Crippen molar-refractivity contribution >= 4 is 28.4 Å². The zero-order valence-corrected chi connectivity index (χ0v) is 15.9. The summed E-state index contributed by atoms with van der Waals surface area (Å²) in [5, 5.41) is 4.06. The standard InChI is InChI=1S/C19H16F2N4S2/c20-14-4-5-16(15(21)11-14)23-19-25(8-2-7-24-9-6-22-13-24)17(12-27-19)18-3-1-10-26-18/h1,3-6,9-13H,2,7-8H2. The molecule has 0 saturated carbocycles. The second-order valence-electron chi connectivity index (χ2n) is 5.89. The van der Waals surface area contributed by atoms with E-state index < -0.39 is 11.6 Å². The minimum absolute atomic E-state index is 0.138. The second kappa shape index (κ2) is 7.98. The fourth-order valence-electron chi connectivity index (χ4n) is 2.76. The molecule has 0 amide bonds. The third-order valence-electron chi connectivity index (χ3n) is 4.05. The molecule has 27 heavy (non-hydrogen) atoms. The van der Waals surface area contributed by atoms with Crippen molar-refractivity contribution in [3.8, 4) is 10.6 Å². The summed E-state index contributed by atoms with van der Waals surface area (Å²) in [6.07, 6.45) is 6.35. The summed E-state index contributed by atoms with van der Waals surface area (Å²) in [6.45, 7) is 1.56. The monoisotopic (exact) mass is 402 g/mol. The number of rotatable bonds is 6. The first-order chi connectivity index (χ1) is 13.2. The minimum atomic E-state index is -0.661. The van der Waals surface area contributed by atoms with Crippen molar-refractivity contribution < 1.29 is 8.78 Å². The topological polar surface area (TPSA) is 35.1 Å². The summed E-state index contributed by atoms with van der Waals surface area (Å²) in [6, 6.07) is 7.51. The highest BCUT2D eigenvalue weighted by molar-refractivity contribution is 7.14. The van der Waals surface area contributed by atoms with Gasteiger partial charge in [-0.05, 0) is 30.0 Å². The Kier molecular flexibility index (Phi) is 5.26. The van der Waals surface area contributed by atoms with E-state index in [4.69, 9.17) is 0 Å². The molecule has 0 fully saturated rings. The van der Waals surface area contributed by atoms with Gasteiger partial charge in [-0.2, -0.15) is 0 Å². The lowest BCUT2D eigenvalue weighted by molar-refractivity contribution is 0.558. The highest BCUT2D eigenvalue weighted by Gasteiger charge is 2.10. The fourth-order valence-corrected chi connectivity index (χ4v) is 4.53. The van der Waals surface area contributed by atoms with Gasteiger partial charge in [0, 0.05) is 36.9 Å². The van der Waals surface area contributed by atoms with Gasteiger partial charge in [0.05, 0.1) is 16.9 Å². The maximum absolute atomic E-state index is 14.0. The molecule has 8 heteroatoms. The average Bonchev–Trinajstić information content (AvgIpc) is 3.40. The van der Waals surface area contributed by atoms with Gasteiger partial charge in [-0.3, -0.25) is 0 Å². The molecule has 0 aliphatic heterocycles. The highest BCUT2D eigenvalue weighted by atomic mass is 32.1. The van der Waals surface area contributed by atoms with Crippen LogP contribution in [0.2, 0.25) is 0 Å². The van der Waals surface area contributed by atoms with E-state index in [1.165, 1.54) is 23.5 Å². The van der Waals surface area contributed by atoms with Crippen LogP contribution in [-0.4, -0.2) is 14.1 Å². The lowest BCUT2D eigenvalue weighted by Crippen LogP contribution is -2.17. The van der Waals surface area contributed by atoms with Crippen LogP contribution in [-0.2, 0) is 13.1 Å². The van der Waals surface area contributed by atoms with Crippen molar-refractivity contribution in [3.63, 3.8) is 0 Å². The zero-order chi connectivity index (χ0) is 18.6. The van der Waals surface area contributed by atoms with E-state index in [1.807, 2.05) is 27.6 Å². The zero-order valence-electron chi connectivity index (χ0n) is 14.3. The Morgan fingerprint density at radius 1 is 1.11 bits per heavy atom. The van der Waals surface area contributed by atoms with E-state index in [1.54, 1.807) is 23.9 Å². The molecule has 0 N–H and O–H groups in total. The van der Waals surface area contributed by atoms with Gasteiger partial charge >= 0.3 is 0 Å². The van der Waals surface area contributed by atoms with Gasteiger partial charge in [-0.1, -0.05) is 6.07 Å². The van der Waals surface area contributed by atoms with Gasteiger partial charge in [0.15, 0.2) is 10.6 Å². The SMILES string of the molecule is Fc1ccc(N=c2scc(-c3cccs3)n2CCCn2ccnc2)c(F)c1. The van der Waals surface area contributed by atoms with E-state index >= 15 is 0 Å². The normalized spacial score (nSPS) is 12.0. The van der Waals surface area contributed by atoms with Gasteiger partial charge in [0.2, 0.25) is 0 Å². The van der Waals surface area contributed by atoms with Crippen molar-refractivity contribution in [1.29, 1.82) is 0 Å². The van der Waals surface area contributed by atoms with Gasteiger partial charge in [0.1, 0.15) is 11.5 Å². The first kappa shape index (κ1) is 17.8. The van der Waals surface area contributed by atoms with E-state index in [-0.39, 0.29) is 5.69 Å². The smallest absolute Gasteiger partial charge is 0.190 e. The van der Waals surface area contributed by atoms with Crippen molar-refractivity contribution in [2.24, 2.45) is 4.99 Å². The third kappa shape index (κ3) is 4.06. The number of nitrogens with zero attached hydrogens (tertiary/aromatic N) is 4. The Hall–Kier alpha value is -2.58. The molecule has 0 aliphatic rings. The number of thiophene rings is 1. The number of halogens is 2. The van der Waals surface area contributed by atoms with Crippen molar-refractivity contribution in [1.82, 2.24) is 14.1 Å². The Morgan fingerprint density at radius 2 is 2.04 bits per heavy atom. The number of hydrogen-bond donors (Lipinski definition) is 0. The van der Waals surface area contributed by atoms with Crippen molar-refractivity contribution in [3.05, 3.63) is 76.2 Å². The van der Waals surface area contributed by atoms with Crippen LogP contribution in [0.15, 0.2) is 64.8 Å². The van der Waals surface area contributed by atoms with Gasteiger partial charge in [0.25, 0.3) is 0 Å². The molecule has 0 radical (unpaired) electrons. The van der Waals surface area contributed by atoms with E-state index in [2.05, 4.69) is 20.6 Å². The number of aromatic nitrogens is 3. The molecule has 138 valence electrons. The lowest BCUT2D eigenvalue weighted by atomic mass is 10.3. The molecule has 3 aromatic heterocycles. The van der Waals surface area contributed by atoms with E-state index in [9.17, 15) is 8.78 Å². The third-order valence-corrected chi connectivity index (χ3v) is 5.81. The summed E-state index contributed by atoms with van der Waals surface area (Å²) in [7, 11) is 0. The second-order valence-corrected chi connectivity index (χ2v) is 7.68. The molecule has 0 spiro atoms. The van der Waals surface area contributed by atoms with E-state index in [0.717, 1.165) is 36.1 Å². The lowest BCUT2D eigenvalue weighted by Gasteiger charge is -2.08. The maximum Gasteiger partial charge on any atom is 0.190 e.